The summed E-state index contributed by atoms with van der Waals surface area (Å²) in [7, 11) is 0. The molecule has 0 aliphatic carbocycles. The summed E-state index contributed by atoms with van der Waals surface area (Å²) in [5, 5.41) is 8.86. The van der Waals surface area contributed by atoms with E-state index >= 15 is 0 Å². The lowest BCUT2D eigenvalue weighted by atomic mass is 9.82. The molecule has 2 aromatic rings. The molecule has 0 aliphatic heterocycles. The molecule has 4 heteroatoms. The van der Waals surface area contributed by atoms with Crippen molar-refractivity contribution >= 4 is 5.91 Å². The van der Waals surface area contributed by atoms with Crippen LogP contribution in [0.5, 0.6) is 5.75 Å². The van der Waals surface area contributed by atoms with E-state index in [0.717, 1.165) is 12.0 Å². The van der Waals surface area contributed by atoms with Gasteiger partial charge in [-0.05, 0) is 35.1 Å². The molecule has 2 rings (SSSR count). The molecule has 0 saturated heterocycles. The van der Waals surface area contributed by atoms with Gasteiger partial charge in [0.1, 0.15) is 5.75 Å². The van der Waals surface area contributed by atoms with E-state index in [4.69, 9.17) is 10.00 Å². The van der Waals surface area contributed by atoms with Crippen LogP contribution < -0.4 is 4.74 Å². The number of nitrogens with zero attached hydrogens (tertiary/aromatic N) is 2. The quantitative estimate of drug-likeness (QED) is 0.648. The number of hydrogen-bond donors (Lipinski definition) is 0. The van der Waals surface area contributed by atoms with Gasteiger partial charge < -0.3 is 9.64 Å². The van der Waals surface area contributed by atoms with Crippen molar-refractivity contribution in [3.63, 3.8) is 0 Å². The van der Waals surface area contributed by atoms with Gasteiger partial charge >= 0.3 is 0 Å². The SMILES string of the molecule is CCC(C)(C)c1ccc(OCC(=O)N(CCC#N)Cc2ccccc2)cc1. The Labute approximate surface area is 162 Å². The molecule has 2 aromatic carbocycles. The largest absolute Gasteiger partial charge is 0.484 e. The van der Waals surface area contributed by atoms with E-state index < -0.39 is 0 Å². The van der Waals surface area contributed by atoms with Crippen LogP contribution in [0, 0.1) is 11.3 Å². The van der Waals surface area contributed by atoms with Crippen LogP contribution in [-0.2, 0) is 16.8 Å². The van der Waals surface area contributed by atoms with Crippen molar-refractivity contribution in [3.05, 3.63) is 65.7 Å². The van der Waals surface area contributed by atoms with Crippen molar-refractivity contribution in [3.8, 4) is 11.8 Å². The minimum atomic E-state index is -0.118. The molecule has 0 spiro atoms. The molecule has 0 N–H and O–H groups in total. The van der Waals surface area contributed by atoms with Crippen molar-refractivity contribution in [1.82, 2.24) is 4.90 Å². The predicted octanol–water partition coefficient (Wildman–Crippen LogP) is 4.70. The Balaban J connectivity index is 1.97. The Morgan fingerprint density at radius 3 is 2.37 bits per heavy atom. The number of ether oxygens (including phenoxy) is 1. The van der Waals surface area contributed by atoms with Crippen molar-refractivity contribution < 1.29 is 9.53 Å². The van der Waals surface area contributed by atoms with E-state index in [1.807, 2.05) is 42.5 Å². The summed E-state index contributed by atoms with van der Waals surface area (Å²) in [5.74, 6) is 0.561. The Bertz CT molecular complexity index is 761. The molecular weight excluding hydrogens is 336 g/mol. The molecule has 1 amide bonds. The molecule has 0 aromatic heterocycles. The number of nitriles is 1. The van der Waals surface area contributed by atoms with Gasteiger partial charge in [0.2, 0.25) is 0 Å². The van der Waals surface area contributed by atoms with Gasteiger partial charge in [-0.2, -0.15) is 5.26 Å². The Hall–Kier alpha value is -2.80. The molecule has 142 valence electrons. The summed E-state index contributed by atoms with van der Waals surface area (Å²) in [6, 6.07) is 19.8. The van der Waals surface area contributed by atoms with Crippen molar-refractivity contribution in [1.29, 1.82) is 5.26 Å². The topological polar surface area (TPSA) is 53.3 Å². The van der Waals surface area contributed by atoms with Crippen LogP contribution in [0.2, 0.25) is 0 Å². The van der Waals surface area contributed by atoms with Gasteiger partial charge in [-0.3, -0.25) is 4.79 Å². The second-order valence-electron chi connectivity index (χ2n) is 7.26. The van der Waals surface area contributed by atoms with E-state index in [2.05, 4.69) is 39.0 Å². The highest BCUT2D eigenvalue weighted by molar-refractivity contribution is 5.77. The minimum Gasteiger partial charge on any atom is -0.484 e. The molecule has 0 fully saturated rings. The smallest absolute Gasteiger partial charge is 0.260 e. The summed E-state index contributed by atoms with van der Waals surface area (Å²) in [6.45, 7) is 7.44. The molecule has 0 heterocycles. The first-order valence-corrected chi connectivity index (χ1v) is 9.38. The molecule has 0 bridgehead atoms. The molecule has 0 saturated carbocycles. The lowest BCUT2D eigenvalue weighted by Crippen LogP contribution is -2.35. The summed E-state index contributed by atoms with van der Waals surface area (Å²) < 4.78 is 5.69. The lowest BCUT2D eigenvalue weighted by Gasteiger charge is -2.24. The second kappa shape index (κ2) is 9.78. The monoisotopic (exact) mass is 364 g/mol. The average Bonchev–Trinajstić information content (AvgIpc) is 2.70. The maximum Gasteiger partial charge on any atom is 0.260 e. The number of carbonyl (C=O) groups excluding carboxylic acids is 1. The maximum atomic E-state index is 12.6. The minimum absolute atomic E-state index is 0.0330. The molecule has 0 atom stereocenters. The number of rotatable bonds is 9. The van der Waals surface area contributed by atoms with Crippen molar-refractivity contribution in [2.75, 3.05) is 13.2 Å². The lowest BCUT2D eigenvalue weighted by molar-refractivity contribution is -0.133. The number of carbonyl (C=O) groups is 1. The third kappa shape index (κ3) is 6.14. The van der Waals surface area contributed by atoms with Gasteiger partial charge in [-0.15, -0.1) is 0 Å². The Kier molecular flexibility index (Phi) is 7.43. The van der Waals surface area contributed by atoms with Crippen LogP contribution >= 0.6 is 0 Å². The Morgan fingerprint density at radius 1 is 1.11 bits per heavy atom. The molecule has 0 radical (unpaired) electrons. The summed E-state index contributed by atoms with van der Waals surface area (Å²) in [6.07, 6.45) is 1.36. The van der Waals surface area contributed by atoms with Gasteiger partial charge in [0.15, 0.2) is 6.61 Å². The van der Waals surface area contributed by atoms with E-state index in [9.17, 15) is 4.79 Å². The maximum absolute atomic E-state index is 12.6. The second-order valence-corrected chi connectivity index (χ2v) is 7.26. The van der Waals surface area contributed by atoms with Crippen molar-refractivity contribution in [2.45, 2.75) is 45.6 Å². The third-order valence-corrected chi connectivity index (χ3v) is 4.94. The fourth-order valence-electron chi connectivity index (χ4n) is 2.72. The van der Waals surface area contributed by atoms with E-state index in [1.165, 1.54) is 5.56 Å². The zero-order chi connectivity index (χ0) is 19.7. The zero-order valence-corrected chi connectivity index (χ0v) is 16.4. The highest BCUT2D eigenvalue weighted by Gasteiger charge is 2.18. The molecule has 0 unspecified atom stereocenters. The van der Waals surface area contributed by atoms with Crippen molar-refractivity contribution in [2.24, 2.45) is 0 Å². The summed E-state index contributed by atoms with van der Waals surface area (Å²) in [5.41, 5.74) is 2.41. The van der Waals surface area contributed by atoms with Crippen LogP contribution in [-0.4, -0.2) is 24.0 Å². The Morgan fingerprint density at radius 2 is 1.78 bits per heavy atom. The number of hydrogen-bond acceptors (Lipinski definition) is 3. The summed E-state index contributed by atoms with van der Waals surface area (Å²) >= 11 is 0. The first-order valence-electron chi connectivity index (χ1n) is 9.38. The zero-order valence-electron chi connectivity index (χ0n) is 16.4. The van der Waals surface area contributed by atoms with Gasteiger partial charge in [0, 0.05) is 13.1 Å². The fourth-order valence-corrected chi connectivity index (χ4v) is 2.72. The van der Waals surface area contributed by atoms with Crippen LogP contribution in [0.3, 0.4) is 0 Å². The standard InChI is InChI=1S/C23H28N2O2/c1-4-23(2,3)20-11-13-21(14-12-20)27-18-22(26)25(16-8-15-24)17-19-9-6-5-7-10-19/h5-7,9-14H,4,8,16-18H2,1-3H3. The van der Waals surface area contributed by atoms with Gasteiger partial charge in [0.05, 0.1) is 12.5 Å². The van der Waals surface area contributed by atoms with Crippen LogP contribution in [0.4, 0.5) is 0 Å². The number of benzene rings is 2. The van der Waals surface area contributed by atoms with Gasteiger partial charge in [0.25, 0.3) is 5.91 Å². The first kappa shape index (κ1) is 20.5. The van der Waals surface area contributed by atoms with Crippen LogP contribution in [0.15, 0.2) is 54.6 Å². The first-order chi connectivity index (χ1) is 13.0. The number of amides is 1. The molecule has 27 heavy (non-hydrogen) atoms. The predicted molar refractivity (Wildman–Crippen MR) is 107 cm³/mol. The highest BCUT2D eigenvalue weighted by atomic mass is 16.5. The van der Waals surface area contributed by atoms with Crippen LogP contribution in [0.25, 0.3) is 0 Å². The molecule has 0 aliphatic rings. The van der Waals surface area contributed by atoms with E-state index in [-0.39, 0.29) is 17.9 Å². The molecule has 4 nitrogen and oxygen atoms in total. The normalized spacial score (nSPS) is 10.9. The highest BCUT2D eigenvalue weighted by Crippen LogP contribution is 2.28. The average molecular weight is 364 g/mol. The summed E-state index contributed by atoms with van der Waals surface area (Å²) in [4.78, 5) is 14.3. The van der Waals surface area contributed by atoms with E-state index in [0.29, 0.717) is 25.3 Å². The van der Waals surface area contributed by atoms with Gasteiger partial charge in [-0.25, -0.2) is 0 Å². The fraction of sp³-hybridized carbons (Fsp3) is 0.391. The van der Waals surface area contributed by atoms with Gasteiger partial charge in [-0.1, -0.05) is 63.2 Å². The van der Waals surface area contributed by atoms with E-state index in [1.54, 1.807) is 4.90 Å². The molecular formula is C23H28N2O2. The van der Waals surface area contributed by atoms with Crippen LogP contribution in [0.1, 0.15) is 44.7 Å². The third-order valence-electron chi connectivity index (χ3n) is 4.94.